The Kier molecular flexibility index (Phi) is 4.08. The Balaban J connectivity index is 2.41. The number of ether oxygens (including phenoxy) is 1. The van der Waals surface area contributed by atoms with Crippen LogP contribution in [0, 0.1) is 6.92 Å². The molecule has 0 fully saturated rings. The van der Waals surface area contributed by atoms with Crippen LogP contribution in [0.4, 0.5) is 0 Å². The van der Waals surface area contributed by atoms with E-state index in [0.29, 0.717) is 13.0 Å². The number of aromatic nitrogens is 2. The minimum absolute atomic E-state index is 0.199. The number of rotatable bonds is 5. The van der Waals surface area contributed by atoms with Crippen LogP contribution < -0.4 is 4.74 Å². The zero-order valence-corrected chi connectivity index (χ0v) is 11.9. The monoisotopic (exact) mass is 274 g/mol. The summed E-state index contributed by atoms with van der Waals surface area (Å²) in [7, 11) is 1.60. The van der Waals surface area contributed by atoms with Crippen LogP contribution in [-0.2, 0) is 13.0 Å². The molecule has 106 valence electrons. The van der Waals surface area contributed by atoms with E-state index >= 15 is 0 Å². The third-order valence-corrected chi connectivity index (χ3v) is 3.17. The second kappa shape index (κ2) is 5.77. The van der Waals surface area contributed by atoms with Gasteiger partial charge < -0.3 is 9.84 Å². The molecule has 1 heterocycles. The van der Waals surface area contributed by atoms with Crippen LogP contribution in [0.15, 0.2) is 24.3 Å². The largest absolute Gasteiger partial charge is 0.496 e. The molecule has 2 rings (SSSR count). The normalized spacial score (nSPS) is 10.6. The highest BCUT2D eigenvalue weighted by atomic mass is 16.5. The van der Waals surface area contributed by atoms with Crippen molar-refractivity contribution in [3.8, 4) is 5.75 Å². The van der Waals surface area contributed by atoms with Gasteiger partial charge in [0.2, 0.25) is 0 Å². The number of carbonyl (C=O) groups is 1. The summed E-state index contributed by atoms with van der Waals surface area (Å²) in [6, 6.07) is 7.44. The summed E-state index contributed by atoms with van der Waals surface area (Å²) in [5.74, 6) is -0.232. The van der Waals surface area contributed by atoms with Crippen LogP contribution in [0.1, 0.15) is 34.2 Å². The van der Waals surface area contributed by atoms with Crippen molar-refractivity contribution in [3.05, 3.63) is 46.8 Å². The molecule has 0 saturated heterocycles. The molecule has 1 aromatic heterocycles. The lowest BCUT2D eigenvalue weighted by Crippen LogP contribution is -2.11. The fourth-order valence-corrected chi connectivity index (χ4v) is 2.13. The van der Waals surface area contributed by atoms with E-state index in [-0.39, 0.29) is 5.69 Å². The standard InChI is InChI=1S/C15H18N2O3/c1-4-12-8-13(15(18)19)17(16-12)9-11-7-10(2)5-6-14(11)20-3/h5-8H,4,9H2,1-3H3,(H,18,19). The molecule has 0 aliphatic heterocycles. The molecule has 0 bridgehead atoms. The number of nitrogens with zero attached hydrogens (tertiary/aromatic N) is 2. The third kappa shape index (κ3) is 2.82. The van der Waals surface area contributed by atoms with Gasteiger partial charge in [0.1, 0.15) is 11.4 Å². The molecular formula is C15H18N2O3. The van der Waals surface area contributed by atoms with E-state index < -0.39 is 5.97 Å². The number of methoxy groups -OCH3 is 1. The van der Waals surface area contributed by atoms with Crippen molar-refractivity contribution >= 4 is 5.97 Å². The molecule has 0 radical (unpaired) electrons. The minimum atomic E-state index is -0.969. The number of aromatic carboxylic acids is 1. The van der Waals surface area contributed by atoms with E-state index in [4.69, 9.17) is 4.74 Å². The summed E-state index contributed by atoms with van der Waals surface area (Å²) < 4.78 is 6.83. The lowest BCUT2D eigenvalue weighted by atomic mass is 10.1. The SMILES string of the molecule is CCc1cc(C(=O)O)n(Cc2cc(C)ccc2OC)n1. The maximum atomic E-state index is 11.3. The molecule has 0 spiro atoms. The molecule has 0 atom stereocenters. The molecule has 0 amide bonds. The maximum absolute atomic E-state index is 11.3. The average Bonchev–Trinajstić information content (AvgIpc) is 2.82. The first-order chi connectivity index (χ1) is 9.55. The minimum Gasteiger partial charge on any atom is -0.496 e. The maximum Gasteiger partial charge on any atom is 0.354 e. The Hall–Kier alpha value is -2.30. The van der Waals surface area contributed by atoms with Gasteiger partial charge in [-0.25, -0.2) is 4.79 Å². The van der Waals surface area contributed by atoms with Gasteiger partial charge in [0.05, 0.1) is 19.3 Å². The highest BCUT2D eigenvalue weighted by molar-refractivity contribution is 5.85. The van der Waals surface area contributed by atoms with Crippen LogP contribution in [0.25, 0.3) is 0 Å². The third-order valence-electron chi connectivity index (χ3n) is 3.17. The van der Waals surface area contributed by atoms with Gasteiger partial charge in [0.15, 0.2) is 0 Å². The number of hydrogen-bond donors (Lipinski definition) is 1. The number of benzene rings is 1. The molecule has 1 aromatic carbocycles. The van der Waals surface area contributed by atoms with Gasteiger partial charge in [0.25, 0.3) is 0 Å². The highest BCUT2D eigenvalue weighted by Crippen LogP contribution is 2.21. The van der Waals surface area contributed by atoms with Gasteiger partial charge in [-0.1, -0.05) is 24.6 Å². The van der Waals surface area contributed by atoms with E-state index in [1.54, 1.807) is 13.2 Å². The zero-order valence-electron chi connectivity index (χ0n) is 11.9. The second-order valence-corrected chi connectivity index (χ2v) is 4.65. The lowest BCUT2D eigenvalue weighted by molar-refractivity contribution is 0.0684. The number of carboxylic acid groups (broad SMARTS) is 1. The van der Waals surface area contributed by atoms with Crippen molar-refractivity contribution in [3.63, 3.8) is 0 Å². The lowest BCUT2D eigenvalue weighted by Gasteiger charge is -2.10. The molecule has 5 heteroatoms. The molecule has 20 heavy (non-hydrogen) atoms. The first-order valence-electron chi connectivity index (χ1n) is 6.48. The van der Waals surface area contributed by atoms with Crippen molar-refractivity contribution in [2.75, 3.05) is 7.11 Å². The summed E-state index contributed by atoms with van der Waals surface area (Å²) in [4.78, 5) is 11.3. The Morgan fingerprint density at radius 1 is 1.40 bits per heavy atom. The highest BCUT2D eigenvalue weighted by Gasteiger charge is 2.15. The van der Waals surface area contributed by atoms with Crippen molar-refractivity contribution < 1.29 is 14.6 Å². The quantitative estimate of drug-likeness (QED) is 0.910. The molecule has 0 aliphatic carbocycles. The molecule has 0 unspecified atom stereocenters. The summed E-state index contributed by atoms with van der Waals surface area (Å²) in [5.41, 5.74) is 2.99. The number of hydrogen-bond acceptors (Lipinski definition) is 3. The average molecular weight is 274 g/mol. The predicted octanol–water partition coefficient (Wildman–Crippen LogP) is 2.51. The number of carboxylic acids is 1. The van der Waals surface area contributed by atoms with Crippen LogP contribution in [-0.4, -0.2) is 28.0 Å². The Labute approximate surface area is 117 Å². The van der Waals surface area contributed by atoms with Gasteiger partial charge in [-0.05, 0) is 25.5 Å². The molecule has 1 N–H and O–H groups in total. The van der Waals surface area contributed by atoms with E-state index in [2.05, 4.69) is 5.10 Å². The van der Waals surface area contributed by atoms with Gasteiger partial charge in [-0.15, -0.1) is 0 Å². The van der Waals surface area contributed by atoms with Crippen LogP contribution >= 0.6 is 0 Å². The van der Waals surface area contributed by atoms with Crippen LogP contribution in [0.2, 0.25) is 0 Å². The summed E-state index contributed by atoms with van der Waals surface area (Å²) >= 11 is 0. The van der Waals surface area contributed by atoms with Crippen molar-refractivity contribution in [1.82, 2.24) is 9.78 Å². The van der Waals surface area contributed by atoms with Gasteiger partial charge in [-0.3, -0.25) is 4.68 Å². The first kappa shape index (κ1) is 14.1. The fraction of sp³-hybridized carbons (Fsp3) is 0.333. The van der Waals surface area contributed by atoms with Crippen molar-refractivity contribution in [2.24, 2.45) is 0 Å². The van der Waals surface area contributed by atoms with Crippen LogP contribution in [0.3, 0.4) is 0 Å². The summed E-state index contributed by atoms with van der Waals surface area (Å²) in [6.45, 7) is 4.32. The fourth-order valence-electron chi connectivity index (χ4n) is 2.13. The first-order valence-corrected chi connectivity index (χ1v) is 6.48. The molecule has 2 aromatic rings. The topological polar surface area (TPSA) is 64.3 Å². The van der Waals surface area contributed by atoms with E-state index in [1.165, 1.54) is 4.68 Å². The molecule has 0 saturated carbocycles. The molecule has 0 aliphatic rings. The van der Waals surface area contributed by atoms with E-state index in [0.717, 1.165) is 22.6 Å². The predicted molar refractivity (Wildman–Crippen MR) is 75.4 cm³/mol. The van der Waals surface area contributed by atoms with Crippen molar-refractivity contribution in [1.29, 1.82) is 0 Å². The van der Waals surface area contributed by atoms with Gasteiger partial charge in [0, 0.05) is 5.56 Å². The second-order valence-electron chi connectivity index (χ2n) is 4.65. The van der Waals surface area contributed by atoms with Crippen molar-refractivity contribution in [2.45, 2.75) is 26.8 Å². The molecular weight excluding hydrogens is 256 g/mol. The smallest absolute Gasteiger partial charge is 0.354 e. The van der Waals surface area contributed by atoms with Gasteiger partial charge in [-0.2, -0.15) is 5.10 Å². The zero-order chi connectivity index (χ0) is 14.7. The molecule has 5 nitrogen and oxygen atoms in total. The van der Waals surface area contributed by atoms with E-state index in [1.807, 2.05) is 32.0 Å². The van der Waals surface area contributed by atoms with Crippen LogP contribution in [0.5, 0.6) is 5.75 Å². The summed E-state index contributed by atoms with van der Waals surface area (Å²) in [5, 5.41) is 13.6. The van der Waals surface area contributed by atoms with E-state index in [9.17, 15) is 9.90 Å². The Bertz CT molecular complexity index is 632. The number of aryl methyl sites for hydroxylation is 2. The summed E-state index contributed by atoms with van der Waals surface area (Å²) in [6.07, 6.45) is 0.707. The Morgan fingerprint density at radius 3 is 2.75 bits per heavy atom. The Morgan fingerprint density at radius 2 is 2.15 bits per heavy atom. The van der Waals surface area contributed by atoms with Gasteiger partial charge >= 0.3 is 5.97 Å².